The fourth-order valence-electron chi connectivity index (χ4n) is 1.54. The first-order valence-corrected chi connectivity index (χ1v) is 7.81. The Balaban J connectivity index is 2.30. The summed E-state index contributed by atoms with van der Waals surface area (Å²) in [6.07, 6.45) is 0. The number of benzene rings is 2. The molecule has 8 heteroatoms. The highest BCUT2D eigenvalue weighted by Gasteiger charge is 2.14. The van der Waals surface area contributed by atoms with Crippen molar-refractivity contribution in [2.75, 3.05) is 5.32 Å². The van der Waals surface area contributed by atoms with Crippen molar-refractivity contribution >= 4 is 66.7 Å². The maximum atomic E-state index is 12.2. The predicted octanol–water partition coefficient (Wildman–Crippen LogP) is 5.18. The molecule has 1 amide bonds. The van der Waals surface area contributed by atoms with Crippen LogP contribution in [0.4, 0.5) is 5.69 Å². The molecule has 0 fully saturated rings. The van der Waals surface area contributed by atoms with E-state index in [0.29, 0.717) is 20.2 Å². The Hall–Kier alpha value is -0.950. The maximum Gasteiger partial charge on any atom is 0.255 e. The number of rotatable bonds is 2. The molecule has 0 heterocycles. The molecule has 2 aromatic carbocycles. The van der Waals surface area contributed by atoms with Gasteiger partial charge in [-0.1, -0.05) is 23.2 Å². The third-order valence-corrected chi connectivity index (χ3v) is 4.34. The van der Waals surface area contributed by atoms with Gasteiger partial charge in [-0.25, -0.2) is 0 Å². The van der Waals surface area contributed by atoms with Crippen molar-refractivity contribution in [1.29, 1.82) is 0 Å². The minimum absolute atomic E-state index is 0.00210. The summed E-state index contributed by atoms with van der Waals surface area (Å²) in [4.78, 5) is 12.2. The molecule has 3 N–H and O–H groups in total. The van der Waals surface area contributed by atoms with E-state index in [4.69, 9.17) is 23.2 Å². The standard InChI is InChI=1S/C13H7Br2Cl2NO3/c14-7-1-5(2-8(15)11(7)19)13(21)18-6-3-9(16)12(20)10(17)4-6/h1-4,19-20H,(H,18,21). The van der Waals surface area contributed by atoms with Crippen molar-refractivity contribution in [3.05, 3.63) is 48.8 Å². The smallest absolute Gasteiger partial charge is 0.255 e. The number of hydrogen-bond donors (Lipinski definition) is 3. The molecule has 0 unspecified atom stereocenters. The molecular weight excluding hydrogens is 449 g/mol. The van der Waals surface area contributed by atoms with E-state index in [1.54, 1.807) is 0 Å². The van der Waals surface area contributed by atoms with Crippen molar-refractivity contribution in [1.82, 2.24) is 0 Å². The van der Waals surface area contributed by atoms with Crippen LogP contribution in [0.5, 0.6) is 11.5 Å². The summed E-state index contributed by atoms with van der Waals surface area (Å²) in [5.41, 5.74) is 0.653. The Morgan fingerprint density at radius 2 is 1.43 bits per heavy atom. The van der Waals surface area contributed by atoms with E-state index in [2.05, 4.69) is 37.2 Å². The van der Waals surface area contributed by atoms with Crippen molar-refractivity contribution in [3.63, 3.8) is 0 Å². The summed E-state index contributed by atoms with van der Waals surface area (Å²) < 4.78 is 0.757. The van der Waals surface area contributed by atoms with Crippen LogP contribution in [-0.2, 0) is 0 Å². The second kappa shape index (κ2) is 6.44. The third kappa shape index (κ3) is 3.63. The van der Waals surface area contributed by atoms with Gasteiger partial charge in [0.15, 0.2) is 5.75 Å². The predicted molar refractivity (Wildman–Crippen MR) is 89.6 cm³/mol. The zero-order valence-corrected chi connectivity index (χ0v) is 14.8. The highest BCUT2D eigenvalue weighted by atomic mass is 79.9. The van der Waals surface area contributed by atoms with Gasteiger partial charge in [0.1, 0.15) is 5.75 Å². The molecule has 0 saturated carbocycles. The number of phenols is 2. The van der Waals surface area contributed by atoms with Crippen LogP contribution in [0.1, 0.15) is 10.4 Å². The van der Waals surface area contributed by atoms with E-state index in [1.807, 2.05) is 0 Å². The van der Waals surface area contributed by atoms with Crippen LogP contribution < -0.4 is 5.32 Å². The van der Waals surface area contributed by atoms with Gasteiger partial charge in [0.05, 0.1) is 19.0 Å². The number of carbonyl (C=O) groups excluding carboxylic acids is 1. The number of amides is 1. The van der Waals surface area contributed by atoms with E-state index >= 15 is 0 Å². The highest BCUT2D eigenvalue weighted by molar-refractivity contribution is 9.11. The van der Waals surface area contributed by atoms with Crippen LogP contribution in [0, 0.1) is 0 Å². The number of hydrogen-bond acceptors (Lipinski definition) is 3. The molecule has 0 saturated heterocycles. The van der Waals surface area contributed by atoms with Crippen LogP contribution >= 0.6 is 55.1 Å². The first-order valence-electron chi connectivity index (χ1n) is 5.47. The molecule has 0 spiro atoms. The fraction of sp³-hybridized carbons (Fsp3) is 0. The molecule has 0 aliphatic rings. The van der Waals surface area contributed by atoms with Crippen LogP contribution in [-0.4, -0.2) is 16.1 Å². The molecule has 2 aromatic rings. The molecule has 0 aliphatic carbocycles. The summed E-state index contributed by atoms with van der Waals surface area (Å²) in [6, 6.07) is 5.70. The second-order valence-electron chi connectivity index (χ2n) is 4.03. The van der Waals surface area contributed by atoms with Crippen molar-refractivity contribution in [2.45, 2.75) is 0 Å². The van der Waals surface area contributed by atoms with Gasteiger partial charge in [-0.15, -0.1) is 0 Å². The van der Waals surface area contributed by atoms with E-state index in [9.17, 15) is 15.0 Å². The Morgan fingerprint density at radius 3 is 1.90 bits per heavy atom. The minimum atomic E-state index is -0.422. The van der Waals surface area contributed by atoms with E-state index in [0.717, 1.165) is 0 Å². The Bertz CT molecular complexity index is 691. The van der Waals surface area contributed by atoms with Gasteiger partial charge in [0.25, 0.3) is 5.91 Å². The van der Waals surface area contributed by atoms with Crippen LogP contribution in [0.2, 0.25) is 10.0 Å². The average Bonchev–Trinajstić information content (AvgIpc) is 2.41. The van der Waals surface area contributed by atoms with Gasteiger partial charge in [-0.05, 0) is 56.1 Å². The Morgan fingerprint density at radius 1 is 0.952 bits per heavy atom. The van der Waals surface area contributed by atoms with Crippen molar-refractivity contribution < 1.29 is 15.0 Å². The summed E-state index contributed by atoms with van der Waals surface area (Å²) in [7, 11) is 0. The molecule has 2 rings (SSSR count). The normalized spacial score (nSPS) is 10.5. The van der Waals surface area contributed by atoms with E-state index in [1.165, 1.54) is 24.3 Å². The van der Waals surface area contributed by atoms with Gasteiger partial charge < -0.3 is 15.5 Å². The van der Waals surface area contributed by atoms with Crippen molar-refractivity contribution in [2.24, 2.45) is 0 Å². The number of anilines is 1. The lowest BCUT2D eigenvalue weighted by atomic mass is 10.2. The fourth-order valence-corrected chi connectivity index (χ4v) is 3.21. The van der Waals surface area contributed by atoms with Crippen LogP contribution in [0.25, 0.3) is 0 Å². The lowest BCUT2D eigenvalue weighted by molar-refractivity contribution is 0.102. The quantitative estimate of drug-likeness (QED) is 0.546. The second-order valence-corrected chi connectivity index (χ2v) is 6.55. The number of aromatic hydroxyl groups is 2. The molecule has 4 nitrogen and oxygen atoms in total. The van der Waals surface area contributed by atoms with Crippen LogP contribution in [0.15, 0.2) is 33.2 Å². The summed E-state index contributed by atoms with van der Waals surface area (Å²) in [5.74, 6) is -0.664. The summed E-state index contributed by atoms with van der Waals surface area (Å²) >= 11 is 17.9. The van der Waals surface area contributed by atoms with Gasteiger partial charge in [0, 0.05) is 11.3 Å². The monoisotopic (exact) mass is 453 g/mol. The summed E-state index contributed by atoms with van der Waals surface area (Å²) in [5, 5.41) is 21.8. The molecule has 21 heavy (non-hydrogen) atoms. The lowest BCUT2D eigenvalue weighted by Crippen LogP contribution is -2.12. The molecule has 0 aromatic heterocycles. The van der Waals surface area contributed by atoms with E-state index < -0.39 is 5.91 Å². The van der Waals surface area contributed by atoms with Crippen LogP contribution in [0.3, 0.4) is 0 Å². The third-order valence-electron chi connectivity index (χ3n) is 2.55. The van der Waals surface area contributed by atoms with Crippen molar-refractivity contribution in [3.8, 4) is 11.5 Å². The number of halogens is 4. The highest BCUT2D eigenvalue weighted by Crippen LogP contribution is 2.36. The van der Waals surface area contributed by atoms with Gasteiger partial charge in [0.2, 0.25) is 0 Å². The van der Waals surface area contributed by atoms with Gasteiger partial charge in [-0.3, -0.25) is 4.79 Å². The Kier molecular flexibility index (Phi) is 5.03. The zero-order chi connectivity index (χ0) is 15.7. The average molecular weight is 456 g/mol. The number of nitrogens with one attached hydrogen (secondary N) is 1. The number of phenolic OH excluding ortho intramolecular Hbond substituents is 2. The first-order chi connectivity index (χ1) is 9.79. The first kappa shape index (κ1) is 16.4. The minimum Gasteiger partial charge on any atom is -0.506 e. The largest absolute Gasteiger partial charge is 0.506 e. The molecule has 0 aliphatic heterocycles. The molecule has 0 bridgehead atoms. The van der Waals surface area contributed by atoms with Gasteiger partial charge in [-0.2, -0.15) is 0 Å². The number of carbonyl (C=O) groups is 1. The SMILES string of the molecule is O=C(Nc1cc(Cl)c(O)c(Cl)c1)c1cc(Br)c(O)c(Br)c1. The molecular formula is C13H7Br2Cl2NO3. The maximum absolute atomic E-state index is 12.2. The Labute approximate surface area is 146 Å². The summed E-state index contributed by atoms with van der Waals surface area (Å²) in [6.45, 7) is 0. The molecule has 0 atom stereocenters. The van der Waals surface area contributed by atoms with E-state index in [-0.39, 0.29) is 21.5 Å². The lowest BCUT2D eigenvalue weighted by Gasteiger charge is -2.09. The topological polar surface area (TPSA) is 69.6 Å². The molecule has 110 valence electrons. The zero-order valence-electron chi connectivity index (χ0n) is 10.1. The molecule has 0 radical (unpaired) electrons. The van der Waals surface area contributed by atoms with Gasteiger partial charge >= 0.3 is 0 Å².